The molecule has 0 bridgehead atoms. The van der Waals surface area contributed by atoms with E-state index in [2.05, 4.69) is 11.9 Å². The minimum absolute atomic E-state index is 0.0824. The minimum atomic E-state index is -2.85. The van der Waals surface area contributed by atoms with Gasteiger partial charge in [0.15, 0.2) is 9.84 Å². The van der Waals surface area contributed by atoms with Gasteiger partial charge in [0.2, 0.25) is 0 Å². The van der Waals surface area contributed by atoms with Gasteiger partial charge in [0.05, 0.1) is 24.2 Å². The van der Waals surface area contributed by atoms with Crippen molar-refractivity contribution in [3.8, 4) is 5.75 Å². The molecule has 1 heterocycles. The molecule has 1 aromatic carbocycles. The summed E-state index contributed by atoms with van der Waals surface area (Å²) in [4.78, 5) is 4.34. The highest BCUT2D eigenvalue weighted by Gasteiger charge is 2.26. The van der Waals surface area contributed by atoms with Crippen LogP contribution >= 0.6 is 0 Å². The van der Waals surface area contributed by atoms with Gasteiger partial charge in [0.1, 0.15) is 5.75 Å². The van der Waals surface area contributed by atoms with Crippen molar-refractivity contribution in [3.05, 3.63) is 29.8 Å². The lowest BCUT2D eigenvalue weighted by atomic mass is 10.2. The van der Waals surface area contributed by atoms with E-state index in [1.807, 2.05) is 24.3 Å². The largest absolute Gasteiger partial charge is 0.494 e. The molecular weight excluding hydrogens is 262 g/mol. The molecular formula is C14H19NO3S. The summed E-state index contributed by atoms with van der Waals surface area (Å²) in [6, 6.07) is 7.58. The average Bonchev–Trinajstić information content (AvgIpc) is 2.75. The number of sulfone groups is 1. The second kappa shape index (κ2) is 6.19. The normalized spacial score (nSPS) is 21.8. The molecule has 0 saturated carbocycles. The molecule has 0 amide bonds. The molecule has 2 rings (SSSR count). The van der Waals surface area contributed by atoms with Crippen molar-refractivity contribution in [2.24, 2.45) is 4.99 Å². The third kappa shape index (κ3) is 4.35. The predicted molar refractivity (Wildman–Crippen MR) is 76.9 cm³/mol. The van der Waals surface area contributed by atoms with E-state index >= 15 is 0 Å². The SMILES string of the molecule is CCCOc1ccc(C=N[C@@H]2CCS(=O)(=O)C2)cc1. The summed E-state index contributed by atoms with van der Waals surface area (Å²) in [5, 5.41) is 0. The van der Waals surface area contributed by atoms with Gasteiger partial charge in [-0.15, -0.1) is 0 Å². The Hall–Kier alpha value is -1.36. The first-order valence-electron chi connectivity index (χ1n) is 6.55. The van der Waals surface area contributed by atoms with Gasteiger partial charge in [-0.3, -0.25) is 4.99 Å². The van der Waals surface area contributed by atoms with E-state index in [0.717, 1.165) is 17.7 Å². The molecule has 4 nitrogen and oxygen atoms in total. The average molecular weight is 281 g/mol. The van der Waals surface area contributed by atoms with Crippen molar-refractivity contribution >= 4 is 16.1 Å². The number of hydrogen-bond donors (Lipinski definition) is 0. The van der Waals surface area contributed by atoms with Crippen LogP contribution in [0.5, 0.6) is 5.75 Å². The Bertz CT molecular complexity index is 534. The zero-order valence-corrected chi connectivity index (χ0v) is 11.9. The Morgan fingerprint density at radius 2 is 2.11 bits per heavy atom. The maximum atomic E-state index is 11.3. The molecule has 104 valence electrons. The summed E-state index contributed by atoms with van der Waals surface area (Å²) in [7, 11) is -2.85. The number of ether oxygens (including phenoxy) is 1. The molecule has 1 aliphatic rings. The first-order chi connectivity index (χ1) is 9.09. The third-order valence-electron chi connectivity index (χ3n) is 3.00. The molecule has 0 spiro atoms. The van der Waals surface area contributed by atoms with Gasteiger partial charge in [0, 0.05) is 6.21 Å². The molecule has 0 aromatic heterocycles. The van der Waals surface area contributed by atoms with Crippen molar-refractivity contribution < 1.29 is 13.2 Å². The van der Waals surface area contributed by atoms with E-state index in [-0.39, 0.29) is 17.5 Å². The standard InChI is InChI=1S/C14H19NO3S/c1-2-8-18-14-5-3-12(4-6-14)10-15-13-7-9-19(16,17)11-13/h3-6,10,13H,2,7-9,11H2,1H3/t13-/m1/s1. The second-order valence-electron chi connectivity index (χ2n) is 4.75. The minimum Gasteiger partial charge on any atom is -0.494 e. The first kappa shape index (κ1) is 14.1. The molecule has 0 unspecified atom stereocenters. The Morgan fingerprint density at radius 1 is 1.37 bits per heavy atom. The van der Waals surface area contributed by atoms with Gasteiger partial charge in [-0.1, -0.05) is 6.92 Å². The fourth-order valence-electron chi connectivity index (χ4n) is 1.95. The fourth-order valence-corrected chi connectivity index (χ4v) is 3.59. The first-order valence-corrected chi connectivity index (χ1v) is 8.37. The smallest absolute Gasteiger partial charge is 0.152 e. The van der Waals surface area contributed by atoms with Crippen LogP contribution in [0.3, 0.4) is 0 Å². The number of aliphatic imine (C=N–C) groups is 1. The highest BCUT2D eigenvalue weighted by Crippen LogP contribution is 2.15. The van der Waals surface area contributed by atoms with Gasteiger partial charge in [-0.25, -0.2) is 8.42 Å². The lowest BCUT2D eigenvalue weighted by Gasteiger charge is -2.04. The van der Waals surface area contributed by atoms with Gasteiger partial charge < -0.3 is 4.74 Å². The summed E-state index contributed by atoms with van der Waals surface area (Å²) in [6.07, 6.45) is 3.37. The summed E-state index contributed by atoms with van der Waals surface area (Å²) < 4.78 is 28.1. The zero-order chi connectivity index (χ0) is 13.7. The van der Waals surface area contributed by atoms with Crippen LogP contribution in [0.2, 0.25) is 0 Å². The Labute approximate surface area is 114 Å². The quantitative estimate of drug-likeness (QED) is 0.776. The van der Waals surface area contributed by atoms with Crippen molar-refractivity contribution in [2.75, 3.05) is 18.1 Å². The molecule has 0 aliphatic carbocycles. The van der Waals surface area contributed by atoms with Gasteiger partial charge in [0.25, 0.3) is 0 Å². The zero-order valence-electron chi connectivity index (χ0n) is 11.1. The van der Waals surface area contributed by atoms with Crippen molar-refractivity contribution in [2.45, 2.75) is 25.8 Å². The van der Waals surface area contributed by atoms with Crippen LogP contribution in [0, 0.1) is 0 Å². The van der Waals surface area contributed by atoms with Crippen molar-refractivity contribution in [1.82, 2.24) is 0 Å². The van der Waals surface area contributed by atoms with E-state index in [1.165, 1.54) is 0 Å². The van der Waals surface area contributed by atoms with Gasteiger partial charge in [-0.05, 0) is 42.7 Å². The van der Waals surface area contributed by atoms with Crippen LogP contribution in [-0.2, 0) is 9.84 Å². The van der Waals surface area contributed by atoms with Crippen LogP contribution in [0.25, 0.3) is 0 Å². The van der Waals surface area contributed by atoms with Crippen LogP contribution in [0.4, 0.5) is 0 Å². The van der Waals surface area contributed by atoms with Gasteiger partial charge >= 0.3 is 0 Å². The molecule has 0 radical (unpaired) electrons. The monoisotopic (exact) mass is 281 g/mol. The van der Waals surface area contributed by atoms with Crippen LogP contribution in [0.15, 0.2) is 29.3 Å². The molecule has 1 atom stereocenters. The fraction of sp³-hybridized carbons (Fsp3) is 0.500. The molecule has 5 heteroatoms. The van der Waals surface area contributed by atoms with Crippen molar-refractivity contribution in [1.29, 1.82) is 0 Å². The summed E-state index contributed by atoms with van der Waals surface area (Å²) in [5.41, 5.74) is 0.966. The molecule has 1 fully saturated rings. The Morgan fingerprint density at radius 3 is 2.68 bits per heavy atom. The lowest BCUT2D eigenvalue weighted by Crippen LogP contribution is -2.07. The van der Waals surface area contributed by atoms with E-state index < -0.39 is 9.84 Å². The lowest BCUT2D eigenvalue weighted by molar-refractivity contribution is 0.317. The van der Waals surface area contributed by atoms with E-state index in [1.54, 1.807) is 6.21 Å². The van der Waals surface area contributed by atoms with Gasteiger partial charge in [-0.2, -0.15) is 0 Å². The Balaban J connectivity index is 1.92. The summed E-state index contributed by atoms with van der Waals surface area (Å²) in [6.45, 7) is 2.78. The van der Waals surface area contributed by atoms with Crippen LogP contribution < -0.4 is 4.74 Å². The molecule has 1 aromatic rings. The number of hydrogen-bond acceptors (Lipinski definition) is 4. The van der Waals surface area contributed by atoms with Crippen LogP contribution in [0.1, 0.15) is 25.3 Å². The summed E-state index contributed by atoms with van der Waals surface area (Å²) >= 11 is 0. The maximum absolute atomic E-state index is 11.3. The third-order valence-corrected chi connectivity index (χ3v) is 4.75. The van der Waals surface area contributed by atoms with E-state index in [0.29, 0.717) is 13.0 Å². The number of benzene rings is 1. The van der Waals surface area contributed by atoms with E-state index in [4.69, 9.17) is 4.74 Å². The number of nitrogens with zero attached hydrogens (tertiary/aromatic N) is 1. The molecule has 0 N–H and O–H groups in total. The number of rotatable bonds is 5. The van der Waals surface area contributed by atoms with Crippen LogP contribution in [-0.4, -0.2) is 38.8 Å². The topological polar surface area (TPSA) is 55.7 Å². The Kier molecular flexibility index (Phi) is 4.58. The predicted octanol–water partition coefficient (Wildman–Crippen LogP) is 2.08. The maximum Gasteiger partial charge on any atom is 0.152 e. The molecule has 19 heavy (non-hydrogen) atoms. The highest BCUT2D eigenvalue weighted by molar-refractivity contribution is 7.91. The molecule has 1 saturated heterocycles. The highest BCUT2D eigenvalue weighted by atomic mass is 32.2. The second-order valence-corrected chi connectivity index (χ2v) is 6.98. The molecule has 1 aliphatic heterocycles. The van der Waals surface area contributed by atoms with E-state index in [9.17, 15) is 8.42 Å². The van der Waals surface area contributed by atoms with Crippen molar-refractivity contribution in [3.63, 3.8) is 0 Å². The summed E-state index contributed by atoms with van der Waals surface area (Å²) in [5.74, 6) is 1.29.